The van der Waals surface area contributed by atoms with Crippen molar-refractivity contribution in [1.29, 1.82) is 0 Å². The number of rotatable bonds is 1. The van der Waals surface area contributed by atoms with Crippen LogP contribution in [0, 0.1) is 0 Å². The number of aromatic amines is 2. The van der Waals surface area contributed by atoms with Crippen LogP contribution in [0.2, 0.25) is 0 Å². The third kappa shape index (κ3) is 1.15. The standard InChI is InChI=1S/C6H8N2O2/c1-2-4-3-5(9)7-8-6(4)10/h3H,2H2,1H3,(H,7,9)(H,8,10). The average molecular weight is 140 g/mol. The molecule has 0 saturated carbocycles. The normalized spacial score (nSPS) is 9.70. The Morgan fingerprint density at radius 3 is 2.60 bits per heavy atom. The molecule has 4 heteroatoms. The van der Waals surface area contributed by atoms with E-state index in [1.165, 1.54) is 6.07 Å². The number of hydrogen-bond donors (Lipinski definition) is 2. The highest BCUT2D eigenvalue weighted by Crippen LogP contribution is 1.81. The van der Waals surface area contributed by atoms with Gasteiger partial charge in [-0.05, 0) is 6.42 Å². The van der Waals surface area contributed by atoms with Crippen molar-refractivity contribution in [2.75, 3.05) is 0 Å². The van der Waals surface area contributed by atoms with E-state index in [0.717, 1.165) is 0 Å². The average Bonchev–Trinajstić information content (AvgIpc) is 1.94. The van der Waals surface area contributed by atoms with Crippen LogP contribution < -0.4 is 11.1 Å². The van der Waals surface area contributed by atoms with E-state index in [-0.39, 0.29) is 11.1 Å². The van der Waals surface area contributed by atoms with Gasteiger partial charge >= 0.3 is 0 Å². The lowest BCUT2D eigenvalue weighted by atomic mass is 10.2. The molecule has 0 spiro atoms. The molecule has 0 amide bonds. The molecule has 0 aromatic carbocycles. The molecular formula is C6H8N2O2. The number of nitrogens with one attached hydrogen (secondary N) is 2. The third-order valence-electron chi connectivity index (χ3n) is 1.28. The van der Waals surface area contributed by atoms with Gasteiger partial charge in [0.1, 0.15) is 0 Å². The molecular weight excluding hydrogens is 132 g/mol. The third-order valence-corrected chi connectivity index (χ3v) is 1.28. The van der Waals surface area contributed by atoms with E-state index in [0.29, 0.717) is 12.0 Å². The lowest BCUT2D eigenvalue weighted by molar-refractivity contribution is 0.909. The molecule has 4 nitrogen and oxygen atoms in total. The zero-order valence-corrected chi connectivity index (χ0v) is 5.60. The van der Waals surface area contributed by atoms with Crippen LogP contribution in [-0.2, 0) is 6.42 Å². The van der Waals surface area contributed by atoms with Crippen molar-refractivity contribution in [2.24, 2.45) is 0 Å². The summed E-state index contributed by atoms with van der Waals surface area (Å²) in [6, 6.07) is 1.30. The Morgan fingerprint density at radius 2 is 2.10 bits per heavy atom. The summed E-state index contributed by atoms with van der Waals surface area (Å²) in [5.74, 6) is 0. The first-order valence-corrected chi connectivity index (χ1v) is 3.05. The molecule has 0 bridgehead atoms. The van der Waals surface area contributed by atoms with Crippen LogP contribution in [0.4, 0.5) is 0 Å². The van der Waals surface area contributed by atoms with E-state index >= 15 is 0 Å². The highest BCUT2D eigenvalue weighted by Gasteiger charge is 1.94. The van der Waals surface area contributed by atoms with Gasteiger partial charge in [-0.1, -0.05) is 6.92 Å². The summed E-state index contributed by atoms with van der Waals surface area (Å²) >= 11 is 0. The number of H-pyrrole nitrogens is 2. The monoisotopic (exact) mass is 140 g/mol. The minimum atomic E-state index is -0.267. The minimum Gasteiger partial charge on any atom is -0.268 e. The lowest BCUT2D eigenvalue weighted by Gasteiger charge is -1.89. The van der Waals surface area contributed by atoms with E-state index in [9.17, 15) is 9.59 Å². The zero-order valence-electron chi connectivity index (χ0n) is 5.60. The van der Waals surface area contributed by atoms with E-state index in [1.807, 2.05) is 6.92 Å². The van der Waals surface area contributed by atoms with Crippen LogP contribution in [0.1, 0.15) is 12.5 Å². The Kier molecular flexibility index (Phi) is 1.71. The summed E-state index contributed by atoms with van der Waals surface area (Å²) in [4.78, 5) is 21.4. The van der Waals surface area contributed by atoms with Gasteiger partial charge in [-0.2, -0.15) is 0 Å². The smallest absolute Gasteiger partial charge is 0.265 e. The Labute approximate surface area is 56.9 Å². The van der Waals surface area contributed by atoms with Gasteiger partial charge in [-0.3, -0.25) is 19.8 Å². The lowest BCUT2D eigenvalue weighted by Crippen LogP contribution is -2.21. The van der Waals surface area contributed by atoms with Crippen LogP contribution in [0.5, 0.6) is 0 Å². The molecule has 0 saturated heterocycles. The molecule has 0 aliphatic rings. The molecule has 0 aliphatic carbocycles. The summed E-state index contributed by atoms with van der Waals surface area (Å²) in [5.41, 5.74) is 0.0299. The van der Waals surface area contributed by atoms with Crippen molar-refractivity contribution >= 4 is 0 Å². The summed E-state index contributed by atoms with van der Waals surface area (Å²) in [6.07, 6.45) is 0.583. The van der Waals surface area contributed by atoms with E-state index in [4.69, 9.17) is 0 Å². The molecule has 1 aromatic rings. The second-order valence-electron chi connectivity index (χ2n) is 1.97. The number of hydrogen-bond acceptors (Lipinski definition) is 2. The Bertz CT molecular complexity index is 323. The maximum absolute atomic E-state index is 10.8. The first kappa shape index (κ1) is 6.80. The Morgan fingerprint density at radius 1 is 1.40 bits per heavy atom. The number of aryl methyl sites for hydroxylation is 1. The highest BCUT2D eigenvalue weighted by atomic mass is 16.1. The number of aromatic nitrogens is 2. The molecule has 0 unspecified atom stereocenters. The van der Waals surface area contributed by atoms with Gasteiger partial charge in [0.05, 0.1) is 0 Å². The van der Waals surface area contributed by atoms with Crippen LogP contribution in [-0.4, -0.2) is 10.2 Å². The second-order valence-corrected chi connectivity index (χ2v) is 1.97. The van der Waals surface area contributed by atoms with Gasteiger partial charge in [0.25, 0.3) is 11.1 Å². The zero-order chi connectivity index (χ0) is 7.56. The summed E-state index contributed by atoms with van der Waals surface area (Å²) in [5, 5.41) is 4.41. The summed E-state index contributed by atoms with van der Waals surface area (Å²) in [7, 11) is 0. The van der Waals surface area contributed by atoms with Crippen molar-refractivity contribution in [3.05, 3.63) is 32.3 Å². The Balaban J connectivity index is 3.36. The fraction of sp³-hybridized carbons (Fsp3) is 0.333. The quantitative estimate of drug-likeness (QED) is 0.558. The second kappa shape index (κ2) is 2.51. The first-order valence-electron chi connectivity index (χ1n) is 3.05. The summed E-state index contributed by atoms with van der Waals surface area (Å²) in [6.45, 7) is 1.82. The van der Waals surface area contributed by atoms with Crippen molar-refractivity contribution in [3.63, 3.8) is 0 Å². The molecule has 10 heavy (non-hydrogen) atoms. The van der Waals surface area contributed by atoms with Crippen molar-refractivity contribution in [3.8, 4) is 0 Å². The molecule has 0 aliphatic heterocycles. The van der Waals surface area contributed by atoms with Gasteiger partial charge in [0, 0.05) is 11.6 Å². The summed E-state index contributed by atoms with van der Waals surface area (Å²) < 4.78 is 0. The SMILES string of the molecule is CCc1cc(=O)[nH][nH]c1=O. The molecule has 54 valence electrons. The highest BCUT2D eigenvalue weighted by molar-refractivity contribution is 5.04. The van der Waals surface area contributed by atoms with Gasteiger partial charge in [0.15, 0.2) is 0 Å². The largest absolute Gasteiger partial charge is 0.268 e. The van der Waals surface area contributed by atoms with Crippen LogP contribution in [0.25, 0.3) is 0 Å². The van der Waals surface area contributed by atoms with Crippen LogP contribution in [0.3, 0.4) is 0 Å². The van der Waals surface area contributed by atoms with Crippen LogP contribution in [0.15, 0.2) is 15.7 Å². The maximum Gasteiger partial charge on any atom is 0.265 e. The van der Waals surface area contributed by atoms with E-state index in [1.54, 1.807) is 0 Å². The maximum atomic E-state index is 10.8. The molecule has 2 N–H and O–H groups in total. The molecule has 0 radical (unpaired) electrons. The predicted molar refractivity (Wildman–Crippen MR) is 37.1 cm³/mol. The Hall–Kier alpha value is -1.32. The van der Waals surface area contributed by atoms with Crippen LogP contribution >= 0.6 is 0 Å². The van der Waals surface area contributed by atoms with Gasteiger partial charge in [-0.15, -0.1) is 0 Å². The fourth-order valence-electron chi connectivity index (χ4n) is 0.721. The molecule has 0 atom stereocenters. The predicted octanol–water partition coefficient (Wildman–Crippen LogP) is -0.374. The van der Waals surface area contributed by atoms with Crippen molar-refractivity contribution in [2.45, 2.75) is 13.3 Å². The van der Waals surface area contributed by atoms with Crippen molar-refractivity contribution in [1.82, 2.24) is 10.2 Å². The van der Waals surface area contributed by atoms with Gasteiger partial charge in [-0.25, -0.2) is 0 Å². The first-order chi connectivity index (χ1) is 4.74. The van der Waals surface area contributed by atoms with Crippen molar-refractivity contribution < 1.29 is 0 Å². The molecule has 1 aromatic heterocycles. The molecule has 0 fully saturated rings. The van der Waals surface area contributed by atoms with E-state index in [2.05, 4.69) is 10.2 Å². The fourth-order valence-corrected chi connectivity index (χ4v) is 0.721. The minimum absolute atomic E-state index is 0.220. The van der Waals surface area contributed by atoms with E-state index < -0.39 is 0 Å². The van der Waals surface area contributed by atoms with Gasteiger partial charge < -0.3 is 0 Å². The molecule has 1 heterocycles. The topological polar surface area (TPSA) is 65.7 Å². The molecule has 1 rings (SSSR count). The van der Waals surface area contributed by atoms with Gasteiger partial charge in [0.2, 0.25) is 0 Å².